The maximum absolute atomic E-state index is 12.1. The second-order valence-corrected chi connectivity index (χ2v) is 5.40. The molecular weight excluding hydrogens is 238 g/mol. The first-order valence-electron chi connectivity index (χ1n) is 6.36. The third-order valence-electron chi connectivity index (χ3n) is 3.45. The van der Waals surface area contributed by atoms with Crippen molar-refractivity contribution in [1.29, 1.82) is 0 Å². The predicted octanol–water partition coefficient (Wildman–Crippen LogP) is 2.73. The van der Waals surface area contributed by atoms with Gasteiger partial charge >= 0.3 is 5.97 Å². The average molecular weight is 264 g/mol. The minimum atomic E-state index is -0.212. The Morgan fingerprint density at radius 2 is 1.88 bits per heavy atom. The van der Waals surface area contributed by atoms with Crippen LogP contribution in [0, 0.1) is 11.3 Å². The topological polar surface area (TPSA) is 29.5 Å². The summed E-state index contributed by atoms with van der Waals surface area (Å²) in [4.78, 5) is 14.4. The van der Waals surface area contributed by atoms with Gasteiger partial charge in [0.1, 0.15) is 0 Å². The Kier molecular flexibility index (Phi) is 7.10. The minimum Gasteiger partial charge on any atom is -0.466 e. The fraction of sp³-hybridized carbons (Fsp3) is 0.923. The molecule has 1 saturated heterocycles. The van der Waals surface area contributed by atoms with E-state index in [-0.39, 0.29) is 23.8 Å². The molecule has 102 valence electrons. The van der Waals surface area contributed by atoms with Crippen LogP contribution in [0.15, 0.2) is 0 Å². The van der Waals surface area contributed by atoms with Crippen LogP contribution in [0.2, 0.25) is 0 Å². The van der Waals surface area contributed by atoms with Crippen molar-refractivity contribution in [2.75, 3.05) is 26.7 Å². The van der Waals surface area contributed by atoms with Crippen molar-refractivity contribution in [1.82, 2.24) is 4.90 Å². The number of hydrogen-bond donors (Lipinski definition) is 0. The van der Waals surface area contributed by atoms with E-state index in [1.54, 1.807) is 0 Å². The lowest BCUT2D eigenvalue weighted by Crippen LogP contribution is -2.44. The maximum atomic E-state index is 12.1. The number of carbonyl (C=O) groups excluding carboxylic acids is 1. The molecule has 0 aromatic carbocycles. The normalized spacial score (nSPS) is 19.8. The first kappa shape index (κ1) is 16.7. The van der Waals surface area contributed by atoms with Gasteiger partial charge in [-0.3, -0.25) is 4.79 Å². The number of hydrogen-bond acceptors (Lipinski definition) is 3. The summed E-state index contributed by atoms with van der Waals surface area (Å²) in [5.41, 5.74) is -0.212. The summed E-state index contributed by atoms with van der Waals surface area (Å²) in [7, 11) is 2.12. The Hall–Kier alpha value is -0.280. The van der Waals surface area contributed by atoms with Crippen LogP contribution in [0.25, 0.3) is 0 Å². The van der Waals surface area contributed by atoms with Crippen molar-refractivity contribution in [3.63, 3.8) is 0 Å². The third-order valence-corrected chi connectivity index (χ3v) is 3.45. The Morgan fingerprint density at radius 1 is 1.35 bits per heavy atom. The molecule has 1 heterocycles. The van der Waals surface area contributed by atoms with Crippen molar-refractivity contribution in [2.24, 2.45) is 11.3 Å². The van der Waals surface area contributed by atoms with Crippen molar-refractivity contribution < 1.29 is 9.53 Å². The summed E-state index contributed by atoms with van der Waals surface area (Å²) in [6.07, 6.45) is 2.85. The molecule has 0 aliphatic carbocycles. The van der Waals surface area contributed by atoms with Crippen molar-refractivity contribution in [3.05, 3.63) is 0 Å². The van der Waals surface area contributed by atoms with Crippen molar-refractivity contribution in [2.45, 2.75) is 40.0 Å². The summed E-state index contributed by atoms with van der Waals surface area (Å²) in [5, 5.41) is 0. The number of likely N-dealkylation sites (tertiary alicyclic amines) is 1. The van der Waals surface area contributed by atoms with Gasteiger partial charge in [0, 0.05) is 0 Å². The van der Waals surface area contributed by atoms with E-state index in [0.717, 1.165) is 32.4 Å². The van der Waals surface area contributed by atoms with E-state index in [0.29, 0.717) is 12.5 Å². The third kappa shape index (κ3) is 4.47. The van der Waals surface area contributed by atoms with E-state index >= 15 is 0 Å². The lowest BCUT2D eigenvalue weighted by Gasteiger charge is -2.39. The van der Waals surface area contributed by atoms with E-state index < -0.39 is 0 Å². The van der Waals surface area contributed by atoms with Gasteiger partial charge in [-0.1, -0.05) is 13.8 Å². The zero-order valence-electron chi connectivity index (χ0n) is 11.5. The largest absolute Gasteiger partial charge is 0.466 e. The summed E-state index contributed by atoms with van der Waals surface area (Å²) >= 11 is 0. The lowest BCUT2D eigenvalue weighted by atomic mass is 9.73. The molecule has 0 radical (unpaired) electrons. The fourth-order valence-electron chi connectivity index (χ4n) is 2.60. The zero-order valence-corrected chi connectivity index (χ0v) is 12.3. The van der Waals surface area contributed by atoms with Crippen LogP contribution in [0.1, 0.15) is 40.0 Å². The molecule has 17 heavy (non-hydrogen) atoms. The van der Waals surface area contributed by atoms with Gasteiger partial charge in [-0.2, -0.15) is 0 Å². The fourth-order valence-corrected chi connectivity index (χ4v) is 2.60. The van der Waals surface area contributed by atoms with Gasteiger partial charge in [0.05, 0.1) is 12.0 Å². The molecule has 0 spiro atoms. The Morgan fingerprint density at radius 3 is 2.29 bits per heavy atom. The molecule has 1 fully saturated rings. The number of rotatable bonds is 4. The number of carbonyl (C=O) groups is 1. The molecule has 0 amide bonds. The molecule has 0 saturated carbocycles. The highest BCUT2D eigenvalue weighted by Gasteiger charge is 2.42. The zero-order chi connectivity index (χ0) is 12.2. The monoisotopic (exact) mass is 263 g/mol. The Balaban J connectivity index is 0.00000256. The van der Waals surface area contributed by atoms with E-state index in [1.807, 2.05) is 6.92 Å². The van der Waals surface area contributed by atoms with Gasteiger partial charge in [-0.05, 0) is 52.2 Å². The molecule has 0 N–H and O–H groups in total. The minimum absolute atomic E-state index is 0. The molecule has 1 rings (SSSR count). The number of nitrogens with zero attached hydrogens (tertiary/aromatic N) is 1. The van der Waals surface area contributed by atoms with Gasteiger partial charge in [0.2, 0.25) is 0 Å². The van der Waals surface area contributed by atoms with Crippen LogP contribution in [-0.2, 0) is 9.53 Å². The van der Waals surface area contributed by atoms with Gasteiger partial charge in [-0.15, -0.1) is 12.4 Å². The summed E-state index contributed by atoms with van der Waals surface area (Å²) in [5.74, 6) is 0.574. The number of halogens is 1. The van der Waals surface area contributed by atoms with Crippen molar-refractivity contribution in [3.8, 4) is 0 Å². The molecule has 0 aromatic rings. The van der Waals surface area contributed by atoms with Gasteiger partial charge < -0.3 is 9.64 Å². The van der Waals surface area contributed by atoms with Crippen LogP contribution >= 0.6 is 12.4 Å². The molecular formula is C13H26ClNO2. The number of ether oxygens (including phenoxy) is 1. The van der Waals surface area contributed by atoms with Gasteiger partial charge in [-0.25, -0.2) is 0 Å². The summed E-state index contributed by atoms with van der Waals surface area (Å²) in [6.45, 7) is 8.75. The molecule has 1 aliphatic rings. The summed E-state index contributed by atoms with van der Waals surface area (Å²) in [6, 6.07) is 0. The van der Waals surface area contributed by atoms with Crippen LogP contribution in [0.3, 0.4) is 0 Å². The predicted molar refractivity (Wildman–Crippen MR) is 72.5 cm³/mol. The Bertz CT molecular complexity index is 236. The molecule has 0 unspecified atom stereocenters. The second-order valence-electron chi connectivity index (χ2n) is 5.40. The van der Waals surface area contributed by atoms with Crippen molar-refractivity contribution >= 4 is 18.4 Å². The highest BCUT2D eigenvalue weighted by Crippen LogP contribution is 2.38. The van der Waals surface area contributed by atoms with Crippen LogP contribution in [-0.4, -0.2) is 37.6 Å². The molecule has 1 aliphatic heterocycles. The standard InChI is InChI=1S/C13H25NO2.ClH/c1-5-16-12(15)13(10-11(2)3)6-8-14(4)9-7-13;/h11H,5-10H2,1-4H3;1H. The van der Waals surface area contributed by atoms with Gasteiger partial charge in [0.25, 0.3) is 0 Å². The van der Waals surface area contributed by atoms with Gasteiger partial charge in [0.15, 0.2) is 0 Å². The van der Waals surface area contributed by atoms with E-state index in [2.05, 4.69) is 25.8 Å². The highest BCUT2D eigenvalue weighted by molar-refractivity contribution is 5.85. The second kappa shape index (κ2) is 7.22. The molecule has 4 heteroatoms. The van der Waals surface area contributed by atoms with Crippen LogP contribution in [0.5, 0.6) is 0 Å². The van der Waals surface area contributed by atoms with E-state index in [4.69, 9.17) is 4.74 Å². The number of piperidine rings is 1. The van der Waals surface area contributed by atoms with Crippen LogP contribution in [0.4, 0.5) is 0 Å². The smallest absolute Gasteiger partial charge is 0.312 e. The molecule has 0 atom stereocenters. The van der Waals surface area contributed by atoms with Crippen LogP contribution < -0.4 is 0 Å². The molecule has 3 nitrogen and oxygen atoms in total. The molecule has 0 bridgehead atoms. The number of esters is 1. The first-order chi connectivity index (χ1) is 7.50. The first-order valence-corrected chi connectivity index (χ1v) is 6.36. The lowest BCUT2D eigenvalue weighted by molar-refractivity contribution is -0.159. The quantitative estimate of drug-likeness (QED) is 0.731. The molecule has 0 aromatic heterocycles. The highest BCUT2D eigenvalue weighted by atomic mass is 35.5. The van der Waals surface area contributed by atoms with E-state index in [9.17, 15) is 4.79 Å². The average Bonchev–Trinajstić information content (AvgIpc) is 2.21. The summed E-state index contributed by atoms with van der Waals surface area (Å²) < 4.78 is 5.26. The Labute approximate surface area is 111 Å². The SMILES string of the molecule is CCOC(=O)C1(CC(C)C)CCN(C)CC1.Cl. The van der Waals surface area contributed by atoms with E-state index in [1.165, 1.54) is 0 Å². The maximum Gasteiger partial charge on any atom is 0.312 e.